The molecule has 3 aromatic rings. The first kappa shape index (κ1) is 14.2. The van der Waals surface area contributed by atoms with Crippen molar-refractivity contribution in [3.05, 3.63) is 59.1 Å². The van der Waals surface area contributed by atoms with E-state index < -0.39 is 0 Å². The van der Waals surface area contributed by atoms with Crippen LogP contribution in [0.4, 0.5) is 0 Å². The summed E-state index contributed by atoms with van der Waals surface area (Å²) in [6.45, 7) is 0. The number of halogens is 1. The molecule has 1 N–H and O–H groups in total. The van der Waals surface area contributed by atoms with Crippen molar-refractivity contribution in [1.82, 2.24) is 0 Å². The summed E-state index contributed by atoms with van der Waals surface area (Å²) in [5, 5.41) is 9.37. The average molecular weight is 361 g/mol. The molecule has 0 fully saturated rings. The first-order valence-electron chi connectivity index (χ1n) is 6.40. The summed E-state index contributed by atoms with van der Waals surface area (Å²) in [7, 11) is 1.67. The van der Waals surface area contributed by atoms with Crippen LogP contribution in [0.3, 0.4) is 0 Å². The van der Waals surface area contributed by atoms with E-state index in [9.17, 15) is 5.11 Å². The summed E-state index contributed by atoms with van der Waals surface area (Å²) in [5.74, 6) is 1.13. The van der Waals surface area contributed by atoms with Crippen LogP contribution in [0, 0.1) is 0 Å². The van der Waals surface area contributed by atoms with Gasteiger partial charge in [-0.15, -0.1) is 11.3 Å². The molecule has 0 aliphatic rings. The van der Waals surface area contributed by atoms with Crippen molar-refractivity contribution in [3.8, 4) is 32.4 Å². The molecule has 0 saturated carbocycles. The standard InChI is InChI=1S/C17H13BrO2S/c1-20-14-8-4-12(5-9-14)17-15(18)10-16(21-17)11-2-6-13(19)7-3-11/h2-10,19H,1H3. The van der Waals surface area contributed by atoms with Crippen LogP contribution in [-0.4, -0.2) is 12.2 Å². The summed E-state index contributed by atoms with van der Waals surface area (Å²) >= 11 is 5.35. The van der Waals surface area contributed by atoms with Crippen molar-refractivity contribution in [2.45, 2.75) is 0 Å². The third kappa shape index (κ3) is 2.96. The predicted octanol–water partition coefficient (Wildman–Crippen LogP) is 5.56. The zero-order valence-electron chi connectivity index (χ0n) is 11.3. The van der Waals surface area contributed by atoms with Crippen molar-refractivity contribution in [2.75, 3.05) is 7.11 Å². The zero-order valence-corrected chi connectivity index (χ0v) is 13.7. The minimum absolute atomic E-state index is 0.282. The number of rotatable bonds is 3. The SMILES string of the molecule is COc1ccc(-c2sc(-c3ccc(O)cc3)cc2Br)cc1. The first-order chi connectivity index (χ1) is 10.2. The van der Waals surface area contributed by atoms with Gasteiger partial charge in [-0.3, -0.25) is 0 Å². The highest BCUT2D eigenvalue weighted by molar-refractivity contribution is 9.10. The Kier molecular flexibility index (Phi) is 3.99. The van der Waals surface area contributed by atoms with Gasteiger partial charge in [0, 0.05) is 14.2 Å². The number of methoxy groups -OCH3 is 1. The van der Waals surface area contributed by atoms with E-state index in [1.165, 1.54) is 4.88 Å². The van der Waals surface area contributed by atoms with Crippen LogP contribution in [0.25, 0.3) is 20.9 Å². The maximum atomic E-state index is 9.37. The lowest BCUT2D eigenvalue weighted by molar-refractivity contribution is 0.415. The maximum absolute atomic E-state index is 9.37. The van der Waals surface area contributed by atoms with Gasteiger partial charge in [0.1, 0.15) is 11.5 Å². The maximum Gasteiger partial charge on any atom is 0.118 e. The molecular formula is C17H13BrO2S. The smallest absolute Gasteiger partial charge is 0.118 e. The van der Waals surface area contributed by atoms with E-state index in [0.717, 1.165) is 26.2 Å². The highest BCUT2D eigenvalue weighted by atomic mass is 79.9. The Morgan fingerprint density at radius 2 is 1.57 bits per heavy atom. The molecule has 21 heavy (non-hydrogen) atoms. The van der Waals surface area contributed by atoms with E-state index >= 15 is 0 Å². The minimum atomic E-state index is 0.282. The Bertz CT molecular complexity index is 745. The lowest BCUT2D eigenvalue weighted by atomic mass is 10.1. The monoisotopic (exact) mass is 360 g/mol. The van der Waals surface area contributed by atoms with Gasteiger partial charge >= 0.3 is 0 Å². The molecule has 0 unspecified atom stereocenters. The molecule has 1 aromatic heterocycles. The second kappa shape index (κ2) is 5.92. The molecule has 1 heterocycles. The van der Waals surface area contributed by atoms with E-state index in [-0.39, 0.29) is 5.75 Å². The Labute approximate surface area is 135 Å². The fourth-order valence-corrected chi connectivity index (χ4v) is 3.99. The Balaban J connectivity index is 1.98. The van der Waals surface area contributed by atoms with Crippen molar-refractivity contribution in [3.63, 3.8) is 0 Å². The van der Waals surface area contributed by atoms with Crippen molar-refractivity contribution < 1.29 is 9.84 Å². The van der Waals surface area contributed by atoms with Gasteiger partial charge in [-0.25, -0.2) is 0 Å². The first-order valence-corrected chi connectivity index (χ1v) is 8.01. The Morgan fingerprint density at radius 3 is 2.19 bits per heavy atom. The molecule has 4 heteroatoms. The van der Waals surface area contributed by atoms with Crippen LogP contribution in [0.1, 0.15) is 0 Å². The molecule has 3 rings (SSSR count). The fourth-order valence-electron chi connectivity index (χ4n) is 2.08. The number of phenols is 1. The number of benzene rings is 2. The summed E-state index contributed by atoms with van der Waals surface area (Å²) in [4.78, 5) is 2.34. The molecular weight excluding hydrogens is 348 g/mol. The van der Waals surface area contributed by atoms with E-state index in [4.69, 9.17) is 4.74 Å². The number of hydrogen-bond acceptors (Lipinski definition) is 3. The van der Waals surface area contributed by atoms with Crippen LogP contribution in [0.5, 0.6) is 11.5 Å². The summed E-state index contributed by atoms with van der Waals surface area (Å²) < 4.78 is 6.26. The molecule has 0 spiro atoms. The van der Waals surface area contributed by atoms with Crippen LogP contribution < -0.4 is 4.74 Å². The molecule has 0 radical (unpaired) electrons. The molecule has 0 saturated heterocycles. The highest BCUT2D eigenvalue weighted by Crippen LogP contribution is 2.41. The molecule has 2 nitrogen and oxygen atoms in total. The van der Waals surface area contributed by atoms with E-state index in [0.29, 0.717) is 0 Å². The fraction of sp³-hybridized carbons (Fsp3) is 0.0588. The number of ether oxygens (including phenoxy) is 1. The number of aromatic hydroxyl groups is 1. The lowest BCUT2D eigenvalue weighted by Crippen LogP contribution is -1.81. The number of phenolic OH excluding ortho intramolecular Hbond substituents is 1. The quantitative estimate of drug-likeness (QED) is 0.662. The molecule has 0 bridgehead atoms. The van der Waals surface area contributed by atoms with Crippen LogP contribution in [0.15, 0.2) is 59.1 Å². The minimum Gasteiger partial charge on any atom is -0.508 e. The molecule has 0 aliphatic carbocycles. The highest BCUT2D eigenvalue weighted by Gasteiger charge is 2.10. The van der Waals surface area contributed by atoms with Gasteiger partial charge in [-0.05, 0) is 81.7 Å². The van der Waals surface area contributed by atoms with Crippen LogP contribution in [0.2, 0.25) is 0 Å². The molecule has 106 valence electrons. The zero-order chi connectivity index (χ0) is 14.8. The molecule has 0 amide bonds. The third-order valence-corrected chi connectivity index (χ3v) is 5.31. The average Bonchev–Trinajstić information content (AvgIpc) is 2.90. The van der Waals surface area contributed by atoms with Gasteiger partial charge in [0.05, 0.1) is 7.11 Å². The molecule has 0 aliphatic heterocycles. The Hall–Kier alpha value is -1.78. The van der Waals surface area contributed by atoms with Crippen LogP contribution in [-0.2, 0) is 0 Å². The van der Waals surface area contributed by atoms with Crippen molar-refractivity contribution >= 4 is 27.3 Å². The summed E-state index contributed by atoms with van der Waals surface area (Å²) in [6.07, 6.45) is 0. The second-order valence-corrected chi connectivity index (χ2v) is 6.47. The van der Waals surface area contributed by atoms with Gasteiger partial charge in [0.2, 0.25) is 0 Å². The van der Waals surface area contributed by atoms with E-state index in [1.807, 2.05) is 24.3 Å². The van der Waals surface area contributed by atoms with Gasteiger partial charge < -0.3 is 9.84 Å². The largest absolute Gasteiger partial charge is 0.508 e. The molecule has 2 aromatic carbocycles. The van der Waals surface area contributed by atoms with Gasteiger partial charge in [0.15, 0.2) is 0 Å². The van der Waals surface area contributed by atoms with Gasteiger partial charge in [-0.1, -0.05) is 0 Å². The van der Waals surface area contributed by atoms with E-state index in [1.54, 1.807) is 30.6 Å². The topological polar surface area (TPSA) is 29.5 Å². The second-order valence-electron chi connectivity index (χ2n) is 4.56. The summed E-state index contributed by atoms with van der Waals surface area (Å²) in [5.41, 5.74) is 2.25. The predicted molar refractivity (Wildman–Crippen MR) is 91.1 cm³/mol. The van der Waals surface area contributed by atoms with E-state index in [2.05, 4.69) is 34.1 Å². The number of thiophene rings is 1. The summed E-state index contributed by atoms with van der Waals surface area (Å²) in [6, 6.07) is 17.4. The Morgan fingerprint density at radius 1 is 0.952 bits per heavy atom. The molecule has 0 atom stereocenters. The van der Waals surface area contributed by atoms with Crippen molar-refractivity contribution in [2.24, 2.45) is 0 Å². The number of hydrogen-bond donors (Lipinski definition) is 1. The van der Waals surface area contributed by atoms with Gasteiger partial charge in [-0.2, -0.15) is 0 Å². The lowest BCUT2D eigenvalue weighted by Gasteiger charge is -2.02. The van der Waals surface area contributed by atoms with Gasteiger partial charge in [0.25, 0.3) is 0 Å². The van der Waals surface area contributed by atoms with Crippen LogP contribution >= 0.6 is 27.3 Å². The normalized spacial score (nSPS) is 10.6. The third-order valence-electron chi connectivity index (χ3n) is 3.19. The van der Waals surface area contributed by atoms with Crippen molar-refractivity contribution in [1.29, 1.82) is 0 Å².